The molecular weight excluding hydrogens is 901 g/mol. The fourth-order valence-electron chi connectivity index (χ4n) is 9.25. The number of rotatable bonds is 51. The molecule has 1 aliphatic heterocycles. The first kappa shape index (κ1) is 66.5. The van der Waals surface area contributed by atoms with Crippen LogP contribution in [0.1, 0.15) is 290 Å². The zero-order valence-corrected chi connectivity index (χ0v) is 45.7. The minimum absolute atomic E-state index is 0.0671. The second-order valence-electron chi connectivity index (χ2n) is 20.6. The van der Waals surface area contributed by atoms with Crippen molar-refractivity contribution in [1.82, 2.24) is 0 Å². The zero-order chi connectivity index (χ0) is 51.8. The van der Waals surface area contributed by atoms with Gasteiger partial charge in [0, 0.05) is 19.3 Å². The van der Waals surface area contributed by atoms with Crippen molar-refractivity contribution in [1.29, 1.82) is 0 Å². The maximum atomic E-state index is 13.1. The van der Waals surface area contributed by atoms with Gasteiger partial charge in [-0.2, -0.15) is 0 Å². The fourth-order valence-corrected chi connectivity index (χ4v) is 9.25. The average molecular weight is 1010 g/mol. The number of hydrogen-bond acceptors (Lipinski definition) is 11. The second kappa shape index (κ2) is 48.4. The molecule has 0 amide bonds. The van der Waals surface area contributed by atoms with E-state index in [1.54, 1.807) is 0 Å². The van der Waals surface area contributed by atoms with E-state index < -0.39 is 67.3 Å². The monoisotopic (exact) mass is 1010 g/mol. The lowest BCUT2D eigenvalue weighted by Crippen LogP contribution is -2.61. The van der Waals surface area contributed by atoms with Gasteiger partial charge in [0.05, 0.1) is 6.61 Å². The van der Waals surface area contributed by atoms with Gasteiger partial charge >= 0.3 is 23.9 Å². The summed E-state index contributed by atoms with van der Waals surface area (Å²) in [4.78, 5) is 51.0. The molecule has 6 atom stereocenters. The van der Waals surface area contributed by atoms with E-state index in [-0.39, 0.29) is 25.9 Å². The van der Waals surface area contributed by atoms with Gasteiger partial charge in [0.2, 0.25) is 0 Å². The minimum Gasteiger partial charge on any atom is -0.479 e. The van der Waals surface area contributed by atoms with Crippen LogP contribution in [0.2, 0.25) is 0 Å². The first-order valence-corrected chi connectivity index (χ1v) is 29.7. The maximum Gasteiger partial charge on any atom is 0.335 e. The largest absolute Gasteiger partial charge is 0.479 e. The normalized spacial score (nSPS) is 18.5. The number of unbranched alkanes of at least 4 members (excludes halogenated alkanes) is 35. The van der Waals surface area contributed by atoms with Crippen LogP contribution in [-0.4, -0.2) is 89.2 Å². The highest BCUT2D eigenvalue weighted by Crippen LogP contribution is 2.27. The van der Waals surface area contributed by atoms with Crippen molar-refractivity contribution in [3.05, 3.63) is 12.2 Å². The number of carboxylic acid groups (broad SMARTS) is 1. The van der Waals surface area contributed by atoms with Crippen molar-refractivity contribution in [2.45, 2.75) is 327 Å². The van der Waals surface area contributed by atoms with Crippen molar-refractivity contribution in [3.8, 4) is 0 Å². The lowest BCUT2D eigenvalue weighted by atomic mass is 9.98. The standard InChI is InChI=1S/C59H108O12/c1-4-7-10-13-16-19-22-24-26-28-31-33-36-39-42-45-51(60)67-48-50(69-52(61)46-43-40-37-35-32-29-27-25-23-20-17-14-11-8-5-2)49-68-59-57(55(64)54(63)56(71-59)58(65)66)70-53(62)47-44-41-38-34-30-21-18-15-12-9-6-3/h24,26,50,54-57,59,63-64H,4-23,25,27-49H2,1-3H3,(H,65,66)/b26-24-. The molecule has 0 aliphatic carbocycles. The molecule has 3 N–H and O–H groups in total. The molecule has 6 unspecified atom stereocenters. The van der Waals surface area contributed by atoms with Crippen LogP contribution in [0.25, 0.3) is 0 Å². The molecule has 1 aliphatic rings. The third-order valence-corrected chi connectivity index (χ3v) is 13.8. The Labute approximate surface area is 433 Å². The highest BCUT2D eigenvalue weighted by molar-refractivity contribution is 5.74. The van der Waals surface area contributed by atoms with Gasteiger partial charge in [-0.1, -0.05) is 238 Å². The lowest BCUT2D eigenvalue weighted by molar-refractivity contribution is -0.301. The van der Waals surface area contributed by atoms with Gasteiger partial charge in [0.1, 0.15) is 18.8 Å². The Morgan fingerprint density at radius 2 is 0.803 bits per heavy atom. The molecule has 1 heterocycles. The van der Waals surface area contributed by atoms with Gasteiger partial charge in [0.15, 0.2) is 24.6 Å². The first-order chi connectivity index (χ1) is 34.6. The van der Waals surface area contributed by atoms with E-state index in [2.05, 4.69) is 32.9 Å². The molecule has 12 heteroatoms. The predicted octanol–water partition coefficient (Wildman–Crippen LogP) is 14.9. The maximum absolute atomic E-state index is 13.1. The van der Waals surface area contributed by atoms with E-state index >= 15 is 0 Å². The summed E-state index contributed by atoms with van der Waals surface area (Å²) in [6.07, 6.45) is 40.4. The molecule has 0 aromatic heterocycles. The van der Waals surface area contributed by atoms with Gasteiger partial charge < -0.3 is 39.0 Å². The number of aliphatic hydroxyl groups excluding tert-OH is 2. The SMILES string of the molecule is CCCCCCCC/C=C\CCCCCCCC(=O)OCC(COC1OC(C(=O)O)C(O)C(O)C1OC(=O)CCCCCCCCCCCCC)OC(=O)CCCCCCCCCCCCCCCCC. The molecular formula is C59H108O12. The molecule has 0 aromatic carbocycles. The predicted molar refractivity (Wildman–Crippen MR) is 285 cm³/mol. The van der Waals surface area contributed by atoms with Crippen molar-refractivity contribution in [3.63, 3.8) is 0 Å². The second-order valence-corrected chi connectivity index (χ2v) is 20.6. The Hall–Kier alpha value is -2.54. The van der Waals surface area contributed by atoms with Crippen LogP contribution >= 0.6 is 0 Å². The Balaban J connectivity index is 2.68. The number of carbonyl (C=O) groups excluding carboxylic acids is 3. The van der Waals surface area contributed by atoms with E-state index in [1.807, 2.05) is 0 Å². The number of ether oxygens (including phenoxy) is 5. The molecule has 12 nitrogen and oxygen atoms in total. The number of carbonyl (C=O) groups is 4. The average Bonchev–Trinajstić information content (AvgIpc) is 3.35. The molecule has 416 valence electrons. The highest BCUT2D eigenvalue weighted by atomic mass is 16.7. The summed E-state index contributed by atoms with van der Waals surface area (Å²) < 4.78 is 28.4. The van der Waals surface area contributed by atoms with Gasteiger partial charge in [-0.25, -0.2) is 4.79 Å². The Bertz CT molecular complexity index is 1290. The van der Waals surface area contributed by atoms with E-state index in [4.69, 9.17) is 23.7 Å². The lowest BCUT2D eigenvalue weighted by Gasteiger charge is -2.40. The molecule has 1 fully saturated rings. The highest BCUT2D eigenvalue weighted by Gasteiger charge is 2.50. The molecule has 0 radical (unpaired) electrons. The molecule has 0 spiro atoms. The topological polar surface area (TPSA) is 175 Å². The van der Waals surface area contributed by atoms with Crippen molar-refractivity contribution >= 4 is 23.9 Å². The Morgan fingerprint density at radius 3 is 1.20 bits per heavy atom. The van der Waals surface area contributed by atoms with Crippen molar-refractivity contribution in [2.75, 3.05) is 13.2 Å². The van der Waals surface area contributed by atoms with Crippen LogP contribution in [0.5, 0.6) is 0 Å². The minimum atomic E-state index is -1.90. The number of aliphatic carboxylic acids is 1. The van der Waals surface area contributed by atoms with Gasteiger partial charge in [0.25, 0.3) is 0 Å². The van der Waals surface area contributed by atoms with Gasteiger partial charge in [-0.05, 0) is 44.9 Å². The summed E-state index contributed by atoms with van der Waals surface area (Å²) >= 11 is 0. The van der Waals surface area contributed by atoms with Crippen LogP contribution in [0.3, 0.4) is 0 Å². The van der Waals surface area contributed by atoms with E-state index in [9.17, 15) is 34.5 Å². The molecule has 0 bridgehead atoms. The Morgan fingerprint density at radius 1 is 0.451 bits per heavy atom. The molecule has 0 aromatic rings. The van der Waals surface area contributed by atoms with Gasteiger partial charge in [-0.15, -0.1) is 0 Å². The van der Waals surface area contributed by atoms with Crippen LogP contribution in [0.15, 0.2) is 12.2 Å². The summed E-state index contributed by atoms with van der Waals surface area (Å²) in [5, 5.41) is 31.4. The van der Waals surface area contributed by atoms with Crippen molar-refractivity contribution < 1.29 is 58.2 Å². The van der Waals surface area contributed by atoms with Crippen molar-refractivity contribution in [2.24, 2.45) is 0 Å². The molecule has 71 heavy (non-hydrogen) atoms. The summed E-state index contributed by atoms with van der Waals surface area (Å²) in [7, 11) is 0. The van der Waals surface area contributed by atoms with Gasteiger partial charge in [-0.3, -0.25) is 14.4 Å². The first-order valence-electron chi connectivity index (χ1n) is 29.7. The number of allylic oxidation sites excluding steroid dienone is 2. The quantitative estimate of drug-likeness (QED) is 0.0228. The molecule has 0 saturated carbocycles. The third-order valence-electron chi connectivity index (χ3n) is 13.8. The molecule has 1 saturated heterocycles. The fraction of sp³-hybridized carbons (Fsp3) is 0.898. The number of esters is 3. The number of hydrogen-bond donors (Lipinski definition) is 3. The summed E-state index contributed by atoms with van der Waals surface area (Å²) in [6.45, 7) is 6.00. The van der Waals surface area contributed by atoms with E-state index in [1.165, 1.54) is 148 Å². The number of aliphatic hydroxyl groups is 2. The smallest absolute Gasteiger partial charge is 0.335 e. The molecule has 1 rings (SSSR count). The van der Waals surface area contributed by atoms with E-state index in [0.717, 1.165) is 83.5 Å². The van der Waals surface area contributed by atoms with Crippen LogP contribution in [0, 0.1) is 0 Å². The zero-order valence-electron chi connectivity index (χ0n) is 45.7. The summed E-state index contributed by atoms with van der Waals surface area (Å²) in [5.41, 5.74) is 0. The van der Waals surface area contributed by atoms with Crippen LogP contribution in [0.4, 0.5) is 0 Å². The number of carboxylic acids is 1. The summed E-state index contributed by atoms with van der Waals surface area (Å²) in [6, 6.07) is 0. The third kappa shape index (κ3) is 38.7. The Kier molecular flexibility index (Phi) is 45.3. The van der Waals surface area contributed by atoms with Crippen LogP contribution < -0.4 is 0 Å². The van der Waals surface area contributed by atoms with Crippen LogP contribution in [-0.2, 0) is 42.9 Å². The van der Waals surface area contributed by atoms with E-state index in [0.29, 0.717) is 19.3 Å². The summed E-state index contributed by atoms with van der Waals surface area (Å²) in [5.74, 6) is -3.09.